The summed E-state index contributed by atoms with van der Waals surface area (Å²) < 4.78 is 6.95. The lowest BCUT2D eigenvalue weighted by molar-refractivity contribution is -0.173. The van der Waals surface area contributed by atoms with Gasteiger partial charge in [-0.1, -0.05) is 0 Å². The normalized spacial score (nSPS) is 14.8. The van der Waals surface area contributed by atoms with E-state index in [-0.39, 0.29) is 0 Å². The quantitative estimate of drug-likeness (QED) is 0.398. The van der Waals surface area contributed by atoms with Gasteiger partial charge in [0.1, 0.15) is 0 Å². The highest BCUT2D eigenvalue weighted by atomic mass is 35.7. The molecule has 0 radical (unpaired) electrons. The fraction of sp³-hybridized carbons (Fsp3) is 1.00. The van der Waals surface area contributed by atoms with Crippen molar-refractivity contribution in [1.82, 2.24) is 4.67 Å². The Morgan fingerprint density at radius 3 is 1.83 bits per heavy atom. The molecule has 0 amide bonds. The van der Waals surface area contributed by atoms with Gasteiger partial charge >= 0.3 is 0 Å². The maximum absolute atomic E-state index is 5.98. The molecule has 0 heterocycles. The Bertz CT molecular complexity index is 116. The Kier molecular flexibility index (Phi) is 6.42. The molecule has 0 fully saturated rings. The predicted molar refractivity (Wildman–Crippen MR) is 53.0 cm³/mol. The van der Waals surface area contributed by atoms with Crippen molar-refractivity contribution in [2.45, 2.75) is 39.8 Å². The van der Waals surface area contributed by atoms with Crippen molar-refractivity contribution in [3.63, 3.8) is 0 Å². The van der Waals surface area contributed by atoms with Crippen LogP contribution in [0.5, 0.6) is 0 Å². The van der Waals surface area contributed by atoms with Crippen molar-refractivity contribution in [1.29, 1.82) is 0 Å². The van der Waals surface area contributed by atoms with Crippen molar-refractivity contribution in [3.05, 3.63) is 0 Å². The highest BCUT2D eigenvalue weighted by Gasteiger charge is 2.24. The molecular weight excluding hydrogens is 197 g/mol. The van der Waals surface area contributed by atoms with Crippen LogP contribution in [-0.4, -0.2) is 23.9 Å². The lowest BCUT2D eigenvalue weighted by Crippen LogP contribution is -2.31. The molecule has 0 rings (SSSR count). The van der Waals surface area contributed by atoms with E-state index >= 15 is 0 Å². The van der Waals surface area contributed by atoms with Gasteiger partial charge < -0.3 is 0 Å². The molecule has 0 saturated heterocycles. The Hall–Kier alpha value is 0.600. The Morgan fingerprint density at radius 2 is 1.58 bits per heavy atom. The highest BCUT2D eigenvalue weighted by Crippen LogP contribution is 2.49. The first-order valence-electron chi connectivity index (χ1n) is 3.95. The van der Waals surface area contributed by atoms with Crippen LogP contribution in [0.25, 0.3) is 0 Å². The third-order valence-corrected chi connectivity index (χ3v) is 3.63. The average Bonchev–Trinajstić information content (AvgIpc) is 1.85. The van der Waals surface area contributed by atoms with Gasteiger partial charge in [0.15, 0.2) is 0 Å². The second-order valence-corrected chi connectivity index (χ2v) is 4.97. The zero-order valence-corrected chi connectivity index (χ0v) is 9.89. The van der Waals surface area contributed by atoms with Gasteiger partial charge in [0.2, 0.25) is 7.65 Å². The number of hydrogen-bond acceptors (Lipinski definition) is 3. The van der Waals surface area contributed by atoms with Crippen molar-refractivity contribution >= 4 is 18.9 Å². The standard InChI is InChI=1S/C7H17ClNO2P/c1-6(2)9(7(3)4)12(8)11-10-5/h6-7H,1-5H3. The summed E-state index contributed by atoms with van der Waals surface area (Å²) in [6, 6.07) is 0.729. The van der Waals surface area contributed by atoms with E-state index in [0.717, 1.165) is 0 Å². The van der Waals surface area contributed by atoms with Crippen molar-refractivity contribution in [3.8, 4) is 0 Å². The molecule has 0 aliphatic carbocycles. The van der Waals surface area contributed by atoms with Crippen LogP contribution in [0.4, 0.5) is 0 Å². The first-order chi connectivity index (χ1) is 5.50. The van der Waals surface area contributed by atoms with E-state index in [1.165, 1.54) is 7.11 Å². The molecule has 0 N–H and O–H groups in total. The molecule has 0 aromatic rings. The summed E-state index contributed by atoms with van der Waals surface area (Å²) in [5, 5.41) is 0. The predicted octanol–water partition coefficient (Wildman–Crippen LogP) is 3.15. The molecule has 0 bridgehead atoms. The van der Waals surface area contributed by atoms with E-state index in [1.807, 2.05) is 0 Å². The van der Waals surface area contributed by atoms with Crippen molar-refractivity contribution < 1.29 is 9.56 Å². The summed E-state index contributed by atoms with van der Waals surface area (Å²) in [4.78, 5) is 4.54. The summed E-state index contributed by atoms with van der Waals surface area (Å²) >= 11 is 5.98. The van der Waals surface area contributed by atoms with E-state index in [4.69, 9.17) is 15.9 Å². The molecule has 1 atom stereocenters. The summed E-state index contributed by atoms with van der Waals surface area (Å²) in [6.45, 7) is 8.32. The topological polar surface area (TPSA) is 21.7 Å². The van der Waals surface area contributed by atoms with Gasteiger partial charge in [0.05, 0.1) is 7.11 Å². The Balaban J connectivity index is 4.09. The van der Waals surface area contributed by atoms with Crippen LogP contribution in [0.2, 0.25) is 0 Å². The maximum Gasteiger partial charge on any atom is 0.244 e. The van der Waals surface area contributed by atoms with Crippen LogP contribution in [0.3, 0.4) is 0 Å². The third-order valence-electron chi connectivity index (χ3n) is 1.38. The van der Waals surface area contributed by atoms with Crippen molar-refractivity contribution in [2.24, 2.45) is 0 Å². The monoisotopic (exact) mass is 213 g/mol. The molecule has 0 aromatic carbocycles. The molecule has 5 heteroatoms. The van der Waals surface area contributed by atoms with Crippen LogP contribution >= 0.6 is 18.9 Å². The molecule has 0 saturated carbocycles. The molecular formula is C7H17ClNO2P. The minimum Gasteiger partial charge on any atom is -0.240 e. The Labute approximate surface area is 80.6 Å². The van der Waals surface area contributed by atoms with Gasteiger partial charge in [0.25, 0.3) is 0 Å². The largest absolute Gasteiger partial charge is 0.244 e. The lowest BCUT2D eigenvalue weighted by Gasteiger charge is -2.31. The van der Waals surface area contributed by atoms with E-state index in [1.54, 1.807) is 0 Å². The third kappa shape index (κ3) is 4.01. The molecule has 0 aliphatic heterocycles. The van der Waals surface area contributed by atoms with Gasteiger partial charge in [0, 0.05) is 12.1 Å². The molecule has 12 heavy (non-hydrogen) atoms. The Morgan fingerprint density at radius 1 is 1.17 bits per heavy atom. The van der Waals surface area contributed by atoms with Gasteiger partial charge in [-0.15, -0.1) is 0 Å². The van der Waals surface area contributed by atoms with Gasteiger partial charge in [-0.2, -0.15) is 4.67 Å². The van der Waals surface area contributed by atoms with Crippen molar-refractivity contribution in [2.75, 3.05) is 7.11 Å². The highest BCUT2D eigenvalue weighted by molar-refractivity contribution is 7.78. The van der Waals surface area contributed by atoms with Crippen LogP contribution in [0, 0.1) is 0 Å². The number of rotatable bonds is 5. The smallest absolute Gasteiger partial charge is 0.240 e. The summed E-state index contributed by atoms with van der Waals surface area (Å²) in [5.74, 6) is 0. The molecule has 3 nitrogen and oxygen atoms in total. The average molecular weight is 214 g/mol. The van der Waals surface area contributed by atoms with Crippen LogP contribution in [0.1, 0.15) is 27.7 Å². The van der Waals surface area contributed by atoms with E-state index < -0.39 is 7.65 Å². The molecule has 0 aliphatic rings. The van der Waals surface area contributed by atoms with Crippen LogP contribution in [-0.2, 0) is 9.56 Å². The minimum atomic E-state index is -1.14. The number of nitrogens with zero attached hydrogens (tertiary/aromatic N) is 1. The molecule has 0 spiro atoms. The first-order valence-corrected chi connectivity index (χ1v) is 6.07. The maximum atomic E-state index is 5.98. The molecule has 1 unspecified atom stereocenters. The zero-order chi connectivity index (χ0) is 9.72. The number of halogens is 1. The molecule has 0 aromatic heterocycles. The second kappa shape index (κ2) is 6.11. The van der Waals surface area contributed by atoms with Crippen LogP contribution in [0.15, 0.2) is 0 Å². The summed E-state index contributed by atoms with van der Waals surface area (Å²) in [7, 11) is 0.329. The fourth-order valence-electron chi connectivity index (χ4n) is 1.06. The van der Waals surface area contributed by atoms with Gasteiger partial charge in [-0.05, 0) is 38.9 Å². The SMILES string of the molecule is COOP(Cl)N(C(C)C)C(C)C. The summed E-state index contributed by atoms with van der Waals surface area (Å²) in [5.41, 5.74) is 0. The van der Waals surface area contributed by atoms with Gasteiger partial charge in [-0.3, -0.25) is 0 Å². The van der Waals surface area contributed by atoms with E-state index in [9.17, 15) is 0 Å². The molecule has 74 valence electrons. The summed E-state index contributed by atoms with van der Waals surface area (Å²) in [6.07, 6.45) is 0. The first kappa shape index (κ1) is 12.6. The van der Waals surface area contributed by atoms with E-state index in [2.05, 4.69) is 37.3 Å². The fourth-order valence-corrected chi connectivity index (χ4v) is 3.20. The zero-order valence-electron chi connectivity index (χ0n) is 8.24. The second-order valence-electron chi connectivity index (χ2n) is 3.03. The lowest BCUT2D eigenvalue weighted by atomic mass is 10.3. The van der Waals surface area contributed by atoms with Gasteiger partial charge in [-0.25, -0.2) is 9.56 Å². The minimum absolute atomic E-state index is 0.365. The number of hydrogen-bond donors (Lipinski definition) is 0. The van der Waals surface area contributed by atoms with Crippen LogP contribution < -0.4 is 0 Å². The van der Waals surface area contributed by atoms with E-state index in [0.29, 0.717) is 12.1 Å².